The predicted molar refractivity (Wildman–Crippen MR) is 50.6 cm³/mol. The summed E-state index contributed by atoms with van der Waals surface area (Å²) in [7, 11) is 0. The lowest BCUT2D eigenvalue weighted by Crippen LogP contribution is -2.56. The summed E-state index contributed by atoms with van der Waals surface area (Å²) in [6.07, 6.45) is 3.58. The summed E-state index contributed by atoms with van der Waals surface area (Å²) in [5, 5.41) is 13.6. The van der Waals surface area contributed by atoms with E-state index in [2.05, 4.69) is 5.32 Å². The highest BCUT2D eigenvalue weighted by Crippen LogP contribution is 2.38. The first-order valence-corrected chi connectivity index (χ1v) is 5.26. The van der Waals surface area contributed by atoms with Gasteiger partial charge in [-0.2, -0.15) is 0 Å². The van der Waals surface area contributed by atoms with E-state index in [0.29, 0.717) is 5.92 Å². The van der Waals surface area contributed by atoms with Gasteiger partial charge in [-0.05, 0) is 25.7 Å². The Morgan fingerprint density at radius 1 is 1.46 bits per heavy atom. The van der Waals surface area contributed by atoms with Crippen LogP contribution in [0, 0.1) is 5.92 Å². The number of hydrogen-bond acceptors (Lipinski definition) is 3. The van der Waals surface area contributed by atoms with Gasteiger partial charge in [-0.3, -0.25) is 0 Å². The molecule has 0 amide bonds. The highest BCUT2D eigenvalue weighted by molar-refractivity contribution is 4.95. The summed E-state index contributed by atoms with van der Waals surface area (Å²) < 4.78 is 5.59. The van der Waals surface area contributed by atoms with Gasteiger partial charge in [0, 0.05) is 13.1 Å². The molecule has 0 aromatic rings. The highest BCUT2D eigenvalue weighted by atomic mass is 16.5. The summed E-state index contributed by atoms with van der Waals surface area (Å²) in [4.78, 5) is 0. The van der Waals surface area contributed by atoms with E-state index in [9.17, 15) is 5.11 Å². The Morgan fingerprint density at radius 2 is 2.23 bits per heavy atom. The third kappa shape index (κ3) is 1.73. The molecule has 3 nitrogen and oxygen atoms in total. The van der Waals surface area contributed by atoms with Crippen LogP contribution in [0.3, 0.4) is 0 Å². The fourth-order valence-electron chi connectivity index (χ4n) is 2.20. The van der Waals surface area contributed by atoms with Crippen molar-refractivity contribution >= 4 is 0 Å². The molecule has 1 saturated carbocycles. The molecule has 2 aliphatic rings. The van der Waals surface area contributed by atoms with Gasteiger partial charge in [0.05, 0.1) is 18.3 Å². The number of morpholine rings is 1. The predicted octanol–water partition coefficient (Wildman–Crippen LogP) is 0.526. The van der Waals surface area contributed by atoms with Crippen LogP contribution in [0.1, 0.15) is 26.2 Å². The van der Waals surface area contributed by atoms with Crippen molar-refractivity contribution in [1.82, 2.24) is 5.32 Å². The SMILES string of the molecule is CC(O)(C1CCC1)C1CNCCO1. The molecule has 2 N–H and O–H groups in total. The summed E-state index contributed by atoms with van der Waals surface area (Å²) in [6, 6.07) is 0. The zero-order chi connectivity index (χ0) is 9.31. The lowest BCUT2D eigenvalue weighted by molar-refractivity contribution is -0.152. The number of hydrogen-bond donors (Lipinski definition) is 2. The summed E-state index contributed by atoms with van der Waals surface area (Å²) in [6.45, 7) is 4.36. The molecule has 0 bridgehead atoms. The molecule has 1 heterocycles. The minimum atomic E-state index is -0.619. The molecule has 1 saturated heterocycles. The zero-order valence-electron chi connectivity index (χ0n) is 8.25. The molecule has 2 fully saturated rings. The van der Waals surface area contributed by atoms with Gasteiger partial charge >= 0.3 is 0 Å². The molecule has 0 spiro atoms. The number of rotatable bonds is 2. The van der Waals surface area contributed by atoms with Crippen LogP contribution in [-0.2, 0) is 4.74 Å². The summed E-state index contributed by atoms with van der Waals surface area (Å²) in [5.74, 6) is 0.456. The minimum absolute atomic E-state index is 0.00782. The Kier molecular flexibility index (Phi) is 2.58. The van der Waals surface area contributed by atoms with Crippen molar-refractivity contribution in [3.63, 3.8) is 0 Å². The Morgan fingerprint density at radius 3 is 2.69 bits per heavy atom. The maximum atomic E-state index is 10.3. The third-order valence-electron chi connectivity index (χ3n) is 3.51. The quantitative estimate of drug-likeness (QED) is 0.659. The van der Waals surface area contributed by atoms with Gasteiger partial charge < -0.3 is 15.2 Å². The Bertz CT molecular complexity index is 172. The van der Waals surface area contributed by atoms with Crippen LogP contribution in [0.25, 0.3) is 0 Å². The molecule has 0 aromatic heterocycles. The van der Waals surface area contributed by atoms with E-state index in [-0.39, 0.29) is 6.10 Å². The van der Waals surface area contributed by atoms with Crippen LogP contribution in [0.2, 0.25) is 0 Å². The van der Waals surface area contributed by atoms with Crippen molar-refractivity contribution in [2.24, 2.45) is 5.92 Å². The van der Waals surface area contributed by atoms with Gasteiger partial charge in [-0.15, -0.1) is 0 Å². The van der Waals surface area contributed by atoms with Crippen LogP contribution >= 0.6 is 0 Å². The second-order valence-electron chi connectivity index (χ2n) is 4.42. The van der Waals surface area contributed by atoms with Crippen molar-refractivity contribution in [3.05, 3.63) is 0 Å². The minimum Gasteiger partial charge on any atom is -0.387 e. The van der Waals surface area contributed by atoms with Crippen LogP contribution in [0.15, 0.2) is 0 Å². The fourth-order valence-corrected chi connectivity index (χ4v) is 2.20. The second-order valence-corrected chi connectivity index (χ2v) is 4.42. The Labute approximate surface area is 79.5 Å². The van der Waals surface area contributed by atoms with Gasteiger partial charge in [0.2, 0.25) is 0 Å². The van der Waals surface area contributed by atoms with E-state index >= 15 is 0 Å². The van der Waals surface area contributed by atoms with Gasteiger partial charge in [0.25, 0.3) is 0 Å². The molecule has 2 unspecified atom stereocenters. The van der Waals surface area contributed by atoms with Crippen molar-refractivity contribution < 1.29 is 9.84 Å². The summed E-state index contributed by atoms with van der Waals surface area (Å²) >= 11 is 0. The lowest BCUT2D eigenvalue weighted by Gasteiger charge is -2.45. The van der Waals surface area contributed by atoms with Gasteiger partial charge in [-0.25, -0.2) is 0 Å². The van der Waals surface area contributed by atoms with E-state index in [1.165, 1.54) is 6.42 Å². The van der Waals surface area contributed by atoms with E-state index in [1.54, 1.807) is 0 Å². The molecule has 76 valence electrons. The number of aliphatic hydroxyl groups is 1. The molecule has 13 heavy (non-hydrogen) atoms. The average Bonchev–Trinajstić information content (AvgIpc) is 2.02. The fraction of sp³-hybridized carbons (Fsp3) is 1.00. The van der Waals surface area contributed by atoms with Crippen LogP contribution in [0.5, 0.6) is 0 Å². The molecule has 1 aliphatic heterocycles. The van der Waals surface area contributed by atoms with Crippen molar-refractivity contribution in [2.45, 2.75) is 37.9 Å². The molecule has 3 heteroatoms. The largest absolute Gasteiger partial charge is 0.387 e. The molecular weight excluding hydrogens is 166 g/mol. The van der Waals surface area contributed by atoms with Crippen molar-refractivity contribution in [3.8, 4) is 0 Å². The molecule has 2 atom stereocenters. The summed E-state index contributed by atoms with van der Waals surface area (Å²) in [5.41, 5.74) is -0.619. The maximum absolute atomic E-state index is 10.3. The smallest absolute Gasteiger partial charge is 0.0986 e. The zero-order valence-corrected chi connectivity index (χ0v) is 8.25. The van der Waals surface area contributed by atoms with Crippen LogP contribution in [0.4, 0.5) is 0 Å². The number of nitrogens with one attached hydrogen (secondary N) is 1. The topological polar surface area (TPSA) is 41.5 Å². The Hall–Kier alpha value is -0.120. The van der Waals surface area contributed by atoms with Crippen molar-refractivity contribution in [1.29, 1.82) is 0 Å². The standard InChI is InChI=1S/C10H19NO2/c1-10(12,8-3-2-4-8)9-7-11-5-6-13-9/h8-9,11-12H,2-7H2,1H3. The third-order valence-corrected chi connectivity index (χ3v) is 3.51. The second kappa shape index (κ2) is 3.56. The molecular formula is C10H19NO2. The normalized spacial score (nSPS) is 35.1. The molecule has 0 radical (unpaired) electrons. The monoisotopic (exact) mass is 185 g/mol. The molecule has 0 aromatic carbocycles. The van der Waals surface area contributed by atoms with Gasteiger partial charge in [0.15, 0.2) is 0 Å². The van der Waals surface area contributed by atoms with Crippen LogP contribution < -0.4 is 5.32 Å². The highest BCUT2D eigenvalue weighted by Gasteiger charge is 2.43. The van der Waals surface area contributed by atoms with E-state index in [0.717, 1.165) is 32.5 Å². The van der Waals surface area contributed by atoms with Crippen molar-refractivity contribution in [2.75, 3.05) is 19.7 Å². The first-order chi connectivity index (χ1) is 6.21. The molecule has 2 rings (SSSR count). The first-order valence-electron chi connectivity index (χ1n) is 5.26. The molecule has 1 aliphatic carbocycles. The van der Waals surface area contributed by atoms with E-state index in [1.807, 2.05) is 6.92 Å². The van der Waals surface area contributed by atoms with E-state index in [4.69, 9.17) is 4.74 Å². The van der Waals surface area contributed by atoms with Gasteiger partial charge in [-0.1, -0.05) is 6.42 Å². The Balaban J connectivity index is 1.94. The number of ether oxygens (including phenoxy) is 1. The van der Waals surface area contributed by atoms with E-state index < -0.39 is 5.60 Å². The van der Waals surface area contributed by atoms with Crippen LogP contribution in [-0.4, -0.2) is 36.5 Å². The average molecular weight is 185 g/mol. The lowest BCUT2D eigenvalue weighted by atomic mass is 9.71. The first kappa shape index (κ1) is 9.44. The maximum Gasteiger partial charge on any atom is 0.0986 e. The van der Waals surface area contributed by atoms with Gasteiger partial charge in [0.1, 0.15) is 0 Å².